The molecule has 4 rings (SSSR count). The first-order chi connectivity index (χ1) is 18.4. The van der Waals surface area contributed by atoms with E-state index in [9.17, 15) is 9.18 Å². The molecule has 0 saturated heterocycles. The van der Waals surface area contributed by atoms with Crippen molar-refractivity contribution in [2.24, 2.45) is 4.99 Å². The summed E-state index contributed by atoms with van der Waals surface area (Å²) in [5, 5.41) is 2.92. The van der Waals surface area contributed by atoms with Gasteiger partial charge in [0.1, 0.15) is 11.5 Å². The van der Waals surface area contributed by atoms with Crippen LogP contribution in [-0.4, -0.2) is 47.1 Å². The molecule has 194 valence electrons. The van der Waals surface area contributed by atoms with Crippen LogP contribution in [0, 0.1) is 12.7 Å². The van der Waals surface area contributed by atoms with Crippen molar-refractivity contribution in [3.05, 3.63) is 102 Å². The maximum Gasteiger partial charge on any atom is 0.274 e. The third-order valence-corrected chi connectivity index (χ3v) is 6.00. The molecular formula is C31H32FN5O. The minimum atomic E-state index is -0.344. The molecule has 0 spiro atoms. The van der Waals surface area contributed by atoms with Crippen molar-refractivity contribution in [3.63, 3.8) is 0 Å². The summed E-state index contributed by atoms with van der Waals surface area (Å²) in [6.45, 7) is 5.31. The van der Waals surface area contributed by atoms with E-state index >= 15 is 0 Å². The average molecular weight is 510 g/mol. The second kappa shape index (κ2) is 12.3. The molecule has 4 aromatic rings. The summed E-state index contributed by atoms with van der Waals surface area (Å²) in [7, 11) is 4.05. The molecule has 0 aliphatic carbocycles. The number of rotatable bonds is 9. The zero-order valence-corrected chi connectivity index (χ0v) is 22.2. The monoisotopic (exact) mass is 509 g/mol. The Morgan fingerprint density at radius 3 is 2.53 bits per heavy atom. The number of halogens is 1. The summed E-state index contributed by atoms with van der Waals surface area (Å²) < 4.78 is 14.1. The molecule has 1 N–H and O–H groups in total. The second-order valence-corrected chi connectivity index (χ2v) is 9.45. The number of aliphatic imine (C=N–C) groups is 1. The maximum absolute atomic E-state index is 14.1. The number of nitrogens with zero attached hydrogens (tertiary/aromatic N) is 4. The number of anilines is 1. The lowest BCUT2D eigenvalue weighted by Gasteiger charge is -2.14. The molecule has 0 aliphatic rings. The Kier molecular flexibility index (Phi) is 8.71. The molecule has 0 unspecified atom stereocenters. The summed E-state index contributed by atoms with van der Waals surface area (Å²) in [5.41, 5.74) is 6.54. The highest BCUT2D eigenvalue weighted by molar-refractivity contribution is 6.49. The largest absolute Gasteiger partial charge is 0.319 e. The van der Waals surface area contributed by atoms with Gasteiger partial charge in [0.05, 0.1) is 17.6 Å². The summed E-state index contributed by atoms with van der Waals surface area (Å²) in [5.74, 6) is -0.665. The molecule has 0 fully saturated rings. The van der Waals surface area contributed by atoms with Gasteiger partial charge in [-0.2, -0.15) is 0 Å². The number of carbonyl (C=O) groups excluding carboxylic acids is 1. The van der Waals surface area contributed by atoms with Gasteiger partial charge in [-0.15, -0.1) is 0 Å². The quantitative estimate of drug-likeness (QED) is 0.275. The summed E-state index contributed by atoms with van der Waals surface area (Å²) in [6.07, 6.45) is 6.04. The first-order valence-corrected chi connectivity index (χ1v) is 12.6. The second-order valence-electron chi connectivity index (χ2n) is 9.45. The zero-order chi connectivity index (χ0) is 27.1. The van der Waals surface area contributed by atoms with Crippen LogP contribution in [0.2, 0.25) is 0 Å². The molecule has 2 heterocycles. The molecule has 0 radical (unpaired) electrons. The molecule has 0 aliphatic heterocycles. The van der Waals surface area contributed by atoms with E-state index in [1.807, 2.05) is 58.5 Å². The summed E-state index contributed by atoms with van der Waals surface area (Å²) in [4.78, 5) is 29.0. The number of hydrogen-bond acceptors (Lipinski definition) is 5. The molecule has 38 heavy (non-hydrogen) atoms. The lowest BCUT2D eigenvalue weighted by Crippen LogP contribution is -2.25. The van der Waals surface area contributed by atoms with Gasteiger partial charge in [-0.1, -0.05) is 31.2 Å². The molecule has 0 atom stereocenters. The predicted octanol–water partition coefficient (Wildman–Crippen LogP) is 6.16. The first-order valence-electron chi connectivity index (χ1n) is 12.6. The Balaban J connectivity index is 1.62. The van der Waals surface area contributed by atoms with Crippen LogP contribution < -0.4 is 5.32 Å². The topological polar surface area (TPSA) is 70.5 Å². The van der Waals surface area contributed by atoms with Gasteiger partial charge >= 0.3 is 0 Å². The minimum absolute atomic E-state index is 0.321. The van der Waals surface area contributed by atoms with Crippen molar-refractivity contribution in [2.75, 3.05) is 26.0 Å². The third-order valence-electron chi connectivity index (χ3n) is 6.00. The Morgan fingerprint density at radius 1 is 1.00 bits per heavy atom. The number of carbonyl (C=O) groups is 1. The predicted molar refractivity (Wildman–Crippen MR) is 152 cm³/mol. The Morgan fingerprint density at radius 2 is 1.82 bits per heavy atom. The normalized spacial score (nSPS) is 11.6. The van der Waals surface area contributed by atoms with Crippen molar-refractivity contribution in [1.82, 2.24) is 14.9 Å². The van der Waals surface area contributed by atoms with E-state index in [2.05, 4.69) is 31.2 Å². The van der Waals surface area contributed by atoms with Crippen molar-refractivity contribution in [2.45, 2.75) is 26.8 Å². The third kappa shape index (κ3) is 6.55. The van der Waals surface area contributed by atoms with Gasteiger partial charge in [-0.3, -0.25) is 19.8 Å². The smallest absolute Gasteiger partial charge is 0.274 e. The van der Waals surface area contributed by atoms with Crippen molar-refractivity contribution < 1.29 is 9.18 Å². The van der Waals surface area contributed by atoms with E-state index in [1.165, 1.54) is 12.3 Å². The Bertz CT molecular complexity index is 1450. The van der Waals surface area contributed by atoms with Gasteiger partial charge in [0.15, 0.2) is 0 Å². The van der Waals surface area contributed by atoms with E-state index in [0.29, 0.717) is 29.2 Å². The molecule has 0 bridgehead atoms. The summed E-state index contributed by atoms with van der Waals surface area (Å²) >= 11 is 0. The number of benzene rings is 2. The van der Waals surface area contributed by atoms with Gasteiger partial charge in [-0.25, -0.2) is 4.39 Å². The van der Waals surface area contributed by atoms with E-state index in [-0.39, 0.29) is 11.7 Å². The SMILES string of the molecule is CCCN=C(C(=O)Nc1ccc(-c2ccccc2F)nc1)c1cc(-c2cncc(CN(C)C)c2)ccc1C. The van der Waals surface area contributed by atoms with Crippen LogP contribution in [0.4, 0.5) is 10.1 Å². The molecule has 7 heteroatoms. The van der Waals surface area contributed by atoms with Crippen LogP contribution in [0.15, 0.2) is 84.2 Å². The fraction of sp³-hybridized carbons (Fsp3) is 0.226. The Hall–Kier alpha value is -4.23. The van der Waals surface area contributed by atoms with E-state index in [4.69, 9.17) is 0 Å². The van der Waals surface area contributed by atoms with Crippen LogP contribution in [0.5, 0.6) is 0 Å². The van der Waals surface area contributed by atoms with Crippen molar-refractivity contribution in [3.8, 4) is 22.4 Å². The Labute approximate surface area is 223 Å². The number of pyridine rings is 2. The maximum atomic E-state index is 14.1. The van der Waals surface area contributed by atoms with Gasteiger partial charge in [-0.05, 0) is 80.5 Å². The van der Waals surface area contributed by atoms with Crippen LogP contribution >= 0.6 is 0 Å². The molecule has 2 aromatic heterocycles. The molecular weight excluding hydrogens is 477 g/mol. The number of hydrogen-bond donors (Lipinski definition) is 1. The van der Waals surface area contributed by atoms with Crippen LogP contribution in [0.25, 0.3) is 22.4 Å². The van der Waals surface area contributed by atoms with Crippen LogP contribution in [0.3, 0.4) is 0 Å². The molecule has 2 aromatic carbocycles. The first kappa shape index (κ1) is 26.8. The number of nitrogens with one attached hydrogen (secondary N) is 1. The van der Waals surface area contributed by atoms with E-state index in [1.54, 1.807) is 30.3 Å². The molecule has 6 nitrogen and oxygen atoms in total. The van der Waals surface area contributed by atoms with Gasteiger partial charge in [0, 0.05) is 42.2 Å². The zero-order valence-electron chi connectivity index (χ0n) is 22.2. The van der Waals surface area contributed by atoms with E-state index < -0.39 is 0 Å². The number of aromatic nitrogens is 2. The highest BCUT2D eigenvalue weighted by Crippen LogP contribution is 2.25. The van der Waals surface area contributed by atoms with Crippen molar-refractivity contribution in [1.29, 1.82) is 0 Å². The fourth-order valence-electron chi connectivity index (χ4n) is 4.14. The van der Waals surface area contributed by atoms with Gasteiger partial charge < -0.3 is 10.2 Å². The van der Waals surface area contributed by atoms with E-state index in [0.717, 1.165) is 40.8 Å². The lowest BCUT2D eigenvalue weighted by molar-refractivity contribution is -0.110. The number of aryl methyl sites for hydroxylation is 1. The van der Waals surface area contributed by atoms with Gasteiger partial charge in [0.25, 0.3) is 5.91 Å². The fourth-order valence-corrected chi connectivity index (χ4v) is 4.14. The highest BCUT2D eigenvalue weighted by atomic mass is 19.1. The summed E-state index contributed by atoms with van der Waals surface area (Å²) in [6, 6.07) is 18.0. The molecule has 1 amide bonds. The highest BCUT2D eigenvalue weighted by Gasteiger charge is 2.18. The van der Waals surface area contributed by atoms with Gasteiger partial charge in [0.2, 0.25) is 0 Å². The average Bonchev–Trinajstić information content (AvgIpc) is 2.90. The number of amides is 1. The van der Waals surface area contributed by atoms with Crippen molar-refractivity contribution >= 4 is 17.3 Å². The lowest BCUT2D eigenvalue weighted by atomic mass is 9.96. The minimum Gasteiger partial charge on any atom is -0.319 e. The van der Waals surface area contributed by atoms with Crippen LogP contribution in [0.1, 0.15) is 30.0 Å². The standard InChI is InChI=1S/C31H32FN5O/c1-5-14-34-30(31(38)36-25-12-13-29(35-19-25)26-8-6-7-9-28(26)32)27-16-23(11-10-21(27)2)24-15-22(17-33-18-24)20-37(3)4/h6-13,15-19H,5,14,20H2,1-4H3,(H,36,38). The molecule has 0 saturated carbocycles. The van der Waals surface area contributed by atoms with Crippen LogP contribution in [-0.2, 0) is 11.3 Å².